The van der Waals surface area contributed by atoms with Crippen LogP contribution in [0.1, 0.15) is 26.7 Å². The van der Waals surface area contributed by atoms with Gasteiger partial charge in [0.15, 0.2) is 0 Å². The fraction of sp³-hybridized carbons (Fsp3) is 0.889. The molecule has 1 atom stereocenters. The maximum absolute atomic E-state index is 11.4. The van der Waals surface area contributed by atoms with Crippen LogP contribution in [0.25, 0.3) is 0 Å². The summed E-state index contributed by atoms with van der Waals surface area (Å²) in [5.74, 6) is -0.854. The minimum atomic E-state index is -3.53. The number of aliphatic hydroxyl groups is 1. The van der Waals surface area contributed by atoms with Gasteiger partial charge in [0.05, 0.1) is 25.4 Å². The predicted octanol–water partition coefficient (Wildman–Crippen LogP) is -0.370. The van der Waals surface area contributed by atoms with Gasteiger partial charge in [-0.1, -0.05) is 6.92 Å². The Balaban J connectivity index is 4.10. The molecule has 0 bridgehead atoms. The number of carbonyl (C=O) groups excluding carboxylic acids is 1. The van der Waals surface area contributed by atoms with Gasteiger partial charge in [-0.2, -0.15) is 0 Å². The molecule has 2 N–H and O–H groups in total. The van der Waals surface area contributed by atoms with Gasteiger partial charge < -0.3 is 9.84 Å². The predicted molar refractivity (Wildman–Crippen MR) is 59.3 cm³/mol. The van der Waals surface area contributed by atoms with Crippen LogP contribution in [0.3, 0.4) is 0 Å². The Kier molecular flexibility index (Phi) is 7.27. The summed E-state index contributed by atoms with van der Waals surface area (Å²) < 4.78 is 29.8. The summed E-state index contributed by atoms with van der Waals surface area (Å²) in [7, 11) is -3.53. The highest BCUT2D eigenvalue weighted by Gasteiger charge is 2.17. The van der Waals surface area contributed by atoms with E-state index in [2.05, 4.69) is 9.46 Å². The van der Waals surface area contributed by atoms with E-state index in [1.807, 2.05) is 0 Å². The Morgan fingerprint density at radius 2 is 2.06 bits per heavy atom. The normalized spacial score (nSPS) is 13.4. The Morgan fingerprint density at radius 3 is 2.50 bits per heavy atom. The van der Waals surface area contributed by atoms with E-state index in [0.29, 0.717) is 6.42 Å². The number of esters is 1. The number of hydrogen-bond donors (Lipinski definition) is 2. The number of aliphatic hydroxyl groups excluding tert-OH is 1. The number of rotatable bonds is 8. The fourth-order valence-electron chi connectivity index (χ4n) is 1.01. The molecular formula is C9H19NO5S. The van der Waals surface area contributed by atoms with Crippen LogP contribution in [0.2, 0.25) is 0 Å². The van der Waals surface area contributed by atoms with Crippen molar-refractivity contribution in [2.24, 2.45) is 0 Å². The molecule has 96 valence electrons. The van der Waals surface area contributed by atoms with Gasteiger partial charge in [0, 0.05) is 6.04 Å². The van der Waals surface area contributed by atoms with E-state index >= 15 is 0 Å². The van der Waals surface area contributed by atoms with Gasteiger partial charge >= 0.3 is 5.97 Å². The van der Waals surface area contributed by atoms with Crippen LogP contribution in [0, 0.1) is 0 Å². The van der Waals surface area contributed by atoms with Crippen LogP contribution in [-0.4, -0.2) is 44.5 Å². The van der Waals surface area contributed by atoms with Gasteiger partial charge in [-0.05, 0) is 13.3 Å². The fourth-order valence-corrected chi connectivity index (χ4v) is 2.32. The summed E-state index contributed by atoms with van der Waals surface area (Å²) in [6.07, 6.45) is 0.320. The Bertz CT molecular complexity index is 297. The van der Waals surface area contributed by atoms with E-state index in [-0.39, 0.29) is 25.4 Å². The molecule has 0 aromatic heterocycles. The maximum atomic E-state index is 11.4. The Labute approximate surface area is 96.0 Å². The van der Waals surface area contributed by atoms with Gasteiger partial charge in [0.25, 0.3) is 0 Å². The molecule has 0 fully saturated rings. The molecule has 0 saturated carbocycles. The molecule has 0 aliphatic heterocycles. The molecule has 0 aromatic carbocycles. The first-order chi connectivity index (χ1) is 7.45. The molecule has 0 aliphatic carbocycles. The largest absolute Gasteiger partial charge is 0.466 e. The Hall–Kier alpha value is -0.660. The van der Waals surface area contributed by atoms with Gasteiger partial charge in [-0.3, -0.25) is 4.79 Å². The summed E-state index contributed by atoms with van der Waals surface area (Å²) in [5.41, 5.74) is 0. The number of ether oxygens (including phenoxy) is 1. The van der Waals surface area contributed by atoms with Crippen molar-refractivity contribution >= 4 is 16.0 Å². The van der Waals surface area contributed by atoms with Crippen molar-refractivity contribution in [1.82, 2.24) is 4.72 Å². The van der Waals surface area contributed by atoms with E-state index in [4.69, 9.17) is 5.11 Å². The first-order valence-electron chi connectivity index (χ1n) is 5.21. The van der Waals surface area contributed by atoms with Crippen molar-refractivity contribution in [3.8, 4) is 0 Å². The molecule has 0 heterocycles. The number of nitrogens with one attached hydrogen (secondary N) is 1. The molecule has 0 spiro atoms. The first-order valence-corrected chi connectivity index (χ1v) is 6.86. The summed E-state index contributed by atoms with van der Waals surface area (Å²) in [4.78, 5) is 11.0. The van der Waals surface area contributed by atoms with Crippen LogP contribution >= 0.6 is 0 Å². The van der Waals surface area contributed by atoms with Crippen LogP contribution < -0.4 is 4.72 Å². The third-order valence-electron chi connectivity index (χ3n) is 1.94. The average Bonchev–Trinajstić information content (AvgIpc) is 2.24. The molecule has 0 radical (unpaired) electrons. The summed E-state index contributed by atoms with van der Waals surface area (Å²) in [6, 6.07) is -0.493. The van der Waals surface area contributed by atoms with E-state index in [0.717, 1.165) is 0 Å². The third kappa shape index (κ3) is 6.76. The van der Waals surface area contributed by atoms with Gasteiger partial charge in [-0.15, -0.1) is 0 Å². The molecule has 6 nitrogen and oxygen atoms in total. The van der Waals surface area contributed by atoms with Crippen molar-refractivity contribution in [1.29, 1.82) is 0 Å². The number of carbonyl (C=O) groups is 1. The van der Waals surface area contributed by atoms with Gasteiger partial charge in [-0.25, -0.2) is 13.1 Å². The molecule has 0 aliphatic rings. The van der Waals surface area contributed by atoms with Crippen LogP contribution in [0.4, 0.5) is 0 Å². The minimum absolute atomic E-state index is 0.176. The SMILES string of the molecule is CCOC(=O)CCS(=O)(=O)N[C@H](CC)CO. The third-order valence-corrected chi connectivity index (χ3v) is 3.37. The highest BCUT2D eigenvalue weighted by Crippen LogP contribution is 1.97. The topological polar surface area (TPSA) is 92.7 Å². The van der Waals surface area contributed by atoms with Crippen LogP contribution in [0.5, 0.6) is 0 Å². The summed E-state index contributed by atoms with van der Waals surface area (Å²) in [5, 5.41) is 8.83. The van der Waals surface area contributed by atoms with E-state index in [1.54, 1.807) is 13.8 Å². The molecule has 16 heavy (non-hydrogen) atoms. The smallest absolute Gasteiger partial charge is 0.306 e. The molecule has 7 heteroatoms. The molecule has 0 saturated heterocycles. The van der Waals surface area contributed by atoms with Gasteiger partial charge in [0.1, 0.15) is 0 Å². The second kappa shape index (κ2) is 7.59. The summed E-state index contributed by atoms with van der Waals surface area (Å²) in [6.45, 7) is 3.40. The molecule has 0 rings (SSSR count). The number of sulfonamides is 1. The van der Waals surface area contributed by atoms with Crippen LogP contribution in [-0.2, 0) is 19.6 Å². The quantitative estimate of drug-likeness (QED) is 0.576. The maximum Gasteiger partial charge on any atom is 0.306 e. The Morgan fingerprint density at radius 1 is 1.44 bits per heavy atom. The van der Waals surface area contributed by atoms with Crippen molar-refractivity contribution < 1.29 is 23.1 Å². The second-order valence-corrected chi connectivity index (χ2v) is 5.15. The zero-order valence-electron chi connectivity index (χ0n) is 9.60. The lowest BCUT2D eigenvalue weighted by molar-refractivity contribution is -0.142. The highest BCUT2D eigenvalue weighted by atomic mass is 32.2. The molecular weight excluding hydrogens is 234 g/mol. The highest BCUT2D eigenvalue weighted by molar-refractivity contribution is 7.89. The van der Waals surface area contributed by atoms with E-state index in [1.165, 1.54) is 0 Å². The molecule has 0 unspecified atom stereocenters. The molecule has 0 amide bonds. The van der Waals surface area contributed by atoms with E-state index < -0.39 is 22.0 Å². The molecule has 0 aromatic rings. The first kappa shape index (κ1) is 15.3. The average molecular weight is 253 g/mol. The summed E-state index contributed by atoms with van der Waals surface area (Å²) >= 11 is 0. The monoisotopic (exact) mass is 253 g/mol. The van der Waals surface area contributed by atoms with Crippen molar-refractivity contribution in [3.63, 3.8) is 0 Å². The van der Waals surface area contributed by atoms with Crippen molar-refractivity contribution in [2.45, 2.75) is 32.7 Å². The second-order valence-electron chi connectivity index (χ2n) is 3.28. The van der Waals surface area contributed by atoms with Crippen LogP contribution in [0.15, 0.2) is 0 Å². The number of hydrogen-bond acceptors (Lipinski definition) is 5. The van der Waals surface area contributed by atoms with E-state index in [9.17, 15) is 13.2 Å². The zero-order chi connectivity index (χ0) is 12.6. The van der Waals surface area contributed by atoms with Crippen molar-refractivity contribution in [2.75, 3.05) is 19.0 Å². The lowest BCUT2D eigenvalue weighted by Crippen LogP contribution is -2.38. The minimum Gasteiger partial charge on any atom is -0.466 e. The zero-order valence-corrected chi connectivity index (χ0v) is 10.4. The van der Waals surface area contributed by atoms with Gasteiger partial charge in [0.2, 0.25) is 10.0 Å². The standard InChI is InChI=1S/C9H19NO5S/c1-3-8(7-11)10-16(13,14)6-5-9(12)15-4-2/h8,10-11H,3-7H2,1-2H3/t8-/m1/s1. The lowest BCUT2D eigenvalue weighted by Gasteiger charge is -2.13. The van der Waals surface area contributed by atoms with Crippen molar-refractivity contribution in [3.05, 3.63) is 0 Å². The lowest BCUT2D eigenvalue weighted by atomic mass is 10.3.